The minimum absolute atomic E-state index is 0.372. The Bertz CT molecular complexity index is 572. The van der Waals surface area contributed by atoms with Crippen molar-refractivity contribution in [1.29, 1.82) is 0 Å². The van der Waals surface area contributed by atoms with Crippen LogP contribution in [0, 0.1) is 0 Å². The van der Waals surface area contributed by atoms with Crippen molar-refractivity contribution >= 4 is 17.4 Å². The molecular weight excluding hydrogens is 286 g/mol. The second-order valence-corrected chi connectivity index (χ2v) is 5.04. The molecule has 1 N–H and O–H groups in total. The van der Waals surface area contributed by atoms with Gasteiger partial charge in [0, 0.05) is 19.2 Å². The van der Waals surface area contributed by atoms with Crippen molar-refractivity contribution in [3.05, 3.63) is 52.4 Å². The average molecular weight is 306 g/mol. The Hall–Kier alpha value is -1.65. The summed E-state index contributed by atoms with van der Waals surface area (Å²) in [4.78, 5) is 8.53. The summed E-state index contributed by atoms with van der Waals surface area (Å²) in [6, 6.07) is 10.2. The molecule has 5 heteroatoms. The molecule has 1 aromatic heterocycles. The molecule has 0 aliphatic rings. The van der Waals surface area contributed by atoms with E-state index < -0.39 is 0 Å². The van der Waals surface area contributed by atoms with Crippen LogP contribution < -0.4 is 5.32 Å². The van der Waals surface area contributed by atoms with E-state index in [4.69, 9.17) is 16.3 Å². The summed E-state index contributed by atoms with van der Waals surface area (Å²) in [7, 11) is 0. The van der Waals surface area contributed by atoms with Gasteiger partial charge < -0.3 is 10.1 Å². The molecular formula is C16H20ClN3O. The summed E-state index contributed by atoms with van der Waals surface area (Å²) in [6.07, 6.45) is 1.05. The zero-order valence-corrected chi connectivity index (χ0v) is 13.2. The number of halogens is 1. The highest BCUT2D eigenvalue weighted by Crippen LogP contribution is 2.14. The molecule has 0 saturated heterocycles. The van der Waals surface area contributed by atoms with Gasteiger partial charge in [0.05, 0.1) is 0 Å². The lowest BCUT2D eigenvalue weighted by molar-refractivity contribution is 0.128. The topological polar surface area (TPSA) is 47.0 Å². The molecule has 2 rings (SSSR count). The third-order valence-electron chi connectivity index (χ3n) is 3.08. The number of benzene rings is 1. The van der Waals surface area contributed by atoms with Crippen molar-refractivity contribution in [2.24, 2.45) is 0 Å². The molecule has 0 spiro atoms. The highest BCUT2D eigenvalue weighted by Gasteiger charge is 2.03. The van der Waals surface area contributed by atoms with Gasteiger partial charge in [-0.2, -0.15) is 0 Å². The lowest BCUT2D eigenvalue weighted by Gasteiger charge is -2.08. The summed E-state index contributed by atoms with van der Waals surface area (Å²) < 4.78 is 5.31. The molecule has 4 nitrogen and oxygen atoms in total. The number of hydrogen-bond donors (Lipinski definition) is 1. The van der Waals surface area contributed by atoms with E-state index in [0.717, 1.165) is 6.42 Å². The first-order chi connectivity index (χ1) is 10.2. The quantitative estimate of drug-likeness (QED) is 0.790. The maximum Gasteiger partial charge on any atom is 0.158 e. The van der Waals surface area contributed by atoms with Gasteiger partial charge >= 0.3 is 0 Å². The predicted octanol–water partition coefficient (Wildman–Crippen LogP) is 3.84. The summed E-state index contributed by atoms with van der Waals surface area (Å²) in [6.45, 7) is 5.78. The summed E-state index contributed by atoms with van der Waals surface area (Å²) in [5.41, 5.74) is 2.54. The molecule has 0 fully saturated rings. The number of aromatic nitrogens is 2. The monoisotopic (exact) mass is 305 g/mol. The maximum atomic E-state index is 6.00. The zero-order chi connectivity index (χ0) is 15.1. The van der Waals surface area contributed by atoms with Crippen LogP contribution in [0.15, 0.2) is 30.3 Å². The molecule has 2 aromatic rings. The first-order valence-corrected chi connectivity index (χ1v) is 7.52. The van der Waals surface area contributed by atoms with E-state index in [0.29, 0.717) is 36.6 Å². The van der Waals surface area contributed by atoms with Crippen LogP contribution in [-0.4, -0.2) is 16.6 Å². The number of anilines is 1. The highest BCUT2D eigenvalue weighted by molar-refractivity contribution is 6.29. The largest absolute Gasteiger partial charge is 0.374 e. The van der Waals surface area contributed by atoms with Gasteiger partial charge in [-0.05, 0) is 24.5 Å². The van der Waals surface area contributed by atoms with Crippen LogP contribution >= 0.6 is 11.6 Å². The first-order valence-electron chi connectivity index (χ1n) is 7.14. The Balaban J connectivity index is 1.99. The van der Waals surface area contributed by atoms with E-state index >= 15 is 0 Å². The average Bonchev–Trinajstić information content (AvgIpc) is 2.51. The predicted molar refractivity (Wildman–Crippen MR) is 85.5 cm³/mol. The van der Waals surface area contributed by atoms with Crippen LogP contribution in [0.1, 0.15) is 30.8 Å². The fourth-order valence-electron chi connectivity index (χ4n) is 1.90. The maximum absolute atomic E-state index is 6.00. The van der Waals surface area contributed by atoms with Crippen molar-refractivity contribution in [2.45, 2.75) is 33.4 Å². The molecule has 0 atom stereocenters. The minimum atomic E-state index is 0.372. The van der Waals surface area contributed by atoms with Crippen LogP contribution in [0.4, 0.5) is 5.82 Å². The minimum Gasteiger partial charge on any atom is -0.374 e. The van der Waals surface area contributed by atoms with E-state index in [9.17, 15) is 0 Å². The van der Waals surface area contributed by atoms with Gasteiger partial charge in [-0.1, -0.05) is 42.8 Å². The van der Waals surface area contributed by atoms with Crippen molar-refractivity contribution in [1.82, 2.24) is 9.97 Å². The summed E-state index contributed by atoms with van der Waals surface area (Å²) in [5.74, 6) is 1.30. The number of ether oxygens (including phenoxy) is 1. The van der Waals surface area contributed by atoms with Gasteiger partial charge in [0.15, 0.2) is 5.82 Å². The Labute approximate surface area is 130 Å². The van der Waals surface area contributed by atoms with Crippen LogP contribution in [0.3, 0.4) is 0 Å². The number of hydrogen-bond acceptors (Lipinski definition) is 4. The molecule has 0 saturated carbocycles. The summed E-state index contributed by atoms with van der Waals surface area (Å²) in [5, 5.41) is 3.68. The fourth-order valence-corrected chi connectivity index (χ4v) is 2.10. The lowest BCUT2D eigenvalue weighted by atomic mass is 10.1. The van der Waals surface area contributed by atoms with Gasteiger partial charge in [0.1, 0.15) is 17.6 Å². The van der Waals surface area contributed by atoms with Crippen molar-refractivity contribution < 1.29 is 4.74 Å². The molecule has 0 radical (unpaired) electrons. The van der Waals surface area contributed by atoms with Gasteiger partial charge in [0.25, 0.3) is 0 Å². The van der Waals surface area contributed by atoms with Crippen molar-refractivity contribution in [3.63, 3.8) is 0 Å². The van der Waals surface area contributed by atoms with E-state index in [1.807, 2.05) is 6.92 Å². The third kappa shape index (κ3) is 4.99. The van der Waals surface area contributed by atoms with E-state index in [2.05, 4.69) is 46.5 Å². The van der Waals surface area contributed by atoms with Crippen LogP contribution in [-0.2, 0) is 24.3 Å². The smallest absolute Gasteiger partial charge is 0.158 e. The van der Waals surface area contributed by atoms with Gasteiger partial charge in [-0.15, -0.1) is 0 Å². The number of nitrogens with zero attached hydrogens (tertiary/aromatic N) is 2. The molecule has 0 amide bonds. The van der Waals surface area contributed by atoms with Gasteiger partial charge in [-0.25, -0.2) is 9.97 Å². The molecule has 0 aliphatic carbocycles. The highest BCUT2D eigenvalue weighted by atomic mass is 35.5. The molecule has 112 valence electrons. The van der Waals surface area contributed by atoms with Crippen LogP contribution in [0.25, 0.3) is 0 Å². The SMILES string of the molecule is CCOCc1nc(Cl)cc(NCc2ccc(CC)cc2)n1. The molecule has 0 unspecified atom stereocenters. The summed E-state index contributed by atoms with van der Waals surface area (Å²) >= 11 is 6.00. The van der Waals surface area contributed by atoms with Crippen LogP contribution in [0.2, 0.25) is 5.15 Å². The molecule has 1 heterocycles. The lowest BCUT2D eigenvalue weighted by Crippen LogP contribution is -2.06. The number of nitrogens with one attached hydrogen (secondary N) is 1. The normalized spacial score (nSPS) is 10.6. The van der Waals surface area contributed by atoms with Crippen molar-refractivity contribution in [3.8, 4) is 0 Å². The Morgan fingerprint density at radius 1 is 1.10 bits per heavy atom. The Morgan fingerprint density at radius 2 is 1.81 bits per heavy atom. The number of aryl methyl sites for hydroxylation is 1. The zero-order valence-electron chi connectivity index (χ0n) is 12.4. The standard InChI is InChI=1S/C16H20ClN3O/c1-3-12-5-7-13(8-6-12)10-18-15-9-14(17)19-16(20-15)11-21-4-2/h5-9H,3-4,10-11H2,1-2H3,(H,18,19,20). The van der Waals surface area contributed by atoms with E-state index in [1.165, 1.54) is 11.1 Å². The van der Waals surface area contributed by atoms with E-state index in [1.54, 1.807) is 6.07 Å². The van der Waals surface area contributed by atoms with Crippen LogP contribution in [0.5, 0.6) is 0 Å². The third-order valence-corrected chi connectivity index (χ3v) is 3.27. The number of rotatable bonds is 7. The van der Waals surface area contributed by atoms with Gasteiger partial charge in [0.2, 0.25) is 0 Å². The molecule has 21 heavy (non-hydrogen) atoms. The second-order valence-electron chi connectivity index (χ2n) is 4.65. The van der Waals surface area contributed by atoms with Gasteiger partial charge in [-0.3, -0.25) is 0 Å². The van der Waals surface area contributed by atoms with Crippen molar-refractivity contribution in [2.75, 3.05) is 11.9 Å². The molecule has 0 aliphatic heterocycles. The van der Waals surface area contributed by atoms with E-state index in [-0.39, 0.29) is 0 Å². The molecule has 0 bridgehead atoms. The first kappa shape index (κ1) is 15.7. The Kier molecular flexibility index (Phi) is 5.96. The molecule has 1 aromatic carbocycles. The second kappa shape index (κ2) is 7.96. The fraction of sp³-hybridized carbons (Fsp3) is 0.375. The Morgan fingerprint density at radius 3 is 2.48 bits per heavy atom.